The predicted molar refractivity (Wildman–Crippen MR) is 72.1 cm³/mol. The normalized spacial score (nSPS) is 11.9. The fraction of sp³-hybridized carbons (Fsp3) is 0.0714. The molecule has 1 atom stereocenters. The molecule has 0 heterocycles. The predicted octanol–water partition coefficient (Wildman–Crippen LogP) is 4.23. The molecule has 2 aromatic carbocycles. The zero-order valence-electron chi connectivity index (χ0n) is 9.35. The molecule has 0 spiro atoms. The molecule has 0 aliphatic heterocycles. The quantitative estimate of drug-likeness (QED) is 0.478. The van der Waals surface area contributed by atoms with Crippen molar-refractivity contribution in [3.05, 3.63) is 65.2 Å². The summed E-state index contributed by atoms with van der Waals surface area (Å²) in [7, 11) is 0. The van der Waals surface area contributed by atoms with Gasteiger partial charge in [0.15, 0.2) is 5.38 Å². The van der Waals surface area contributed by atoms with E-state index in [9.17, 15) is 4.79 Å². The molecule has 0 aliphatic carbocycles. The molecular weight excluding hydrogens is 271 g/mol. The van der Waals surface area contributed by atoms with Crippen LogP contribution >= 0.6 is 23.2 Å². The second kappa shape index (κ2) is 5.89. The van der Waals surface area contributed by atoms with E-state index in [0.29, 0.717) is 16.3 Å². The Morgan fingerprint density at radius 3 is 2.22 bits per heavy atom. The van der Waals surface area contributed by atoms with Gasteiger partial charge >= 0.3 is 5.97 Å². The summed E-state index contributed by atoms with van der Waals surface area (Å²) in [5, 5.41) is -0.234. The van der Waals surface area contributed by atoms with Gasteiger partial charge in [-0.2, -0.15) is 0 Å². The smallest absolute Gasteiger partial charge is 0.334 e. The van der Waals surface area contributed by atoms with Gasteiger partial charge in [-0.15, -0.1) is 11.6 Å². The van der Waals surface area contributed by atoms with E-state index in [4.69, 9.17) is 27.9 Å². The fourth-order valence-electron chi connectivity index (χ4n) is 1.43. The third-order valence-electron chi connectivity index (χ3n) is 2.33. The molecule has 2 nitrogen and oxygen atoms in total. The van der Waals surface area contributed by atoms with E-state index in [2.05, 4.69) is 0 Å². The molecule has 0 saturated carbocycles. The molecule has 18 heavy (non-hydrogen) atoms. The van der Waals surface area contributed by atoms with E-state index in [1.54, 1.807) is 36.4 Å². The van der Waals surface area contributed by atoms with Crippen molar-refractivity contribution >= 4 is 29.2 Å². The van der Waals surface area contributed by atoms with Gasteiger partial charge in [-0.05, 0) is 29.8 Å². The molecule has 1 unspecified atom stereocenters. The number of carbonyl (C=O) groups is 1. The lowest BCUT2D eigenvalue weighted by atomic mass is 10.1. The maximum absolute atomic E-state index is 11.8. The molecule has 0 radical (unpaired) electrons. The Balaban J connectivity index is 2.06. The van der Waals surface area contributed by atoms with Crippen LogP contribution in [0.1, 0.15) is 10.9 Å². The number of esters is 1. The summed E-state index contributed by atoms with van der Waals surface area (Å²) in [6, 6.07) is 15.6. The average molecular weight is 281 g/mol. The highest BCUT2D eigenvalue weighted by Crippen LogP contribution is 2.23. The van der Waals surface area contributed by atoms with Crippen molar-refractivity contribution in [2.75, 3.05) is 0 Å². The number of carbonyl (C=O) groups excluding carboxylic acids is 1. The van der Waals surface area contributed by atoms with Crippen LogP contribution in [0, 0.1) is 0 Å². The van der Waals surface area contributed by atoms with Crippen LogP contribution in [-0.4, -0.2) is 5.97 Å². The lowest BCUT2D eigenvalue weighted by molar-refractivity contribution is -0.134. The zero-order chi connectivity index (χ0) is 13.0. The van der Waals surface area contributed by atoms with Crippen LogP contribution in [0.3, 0.4) is 0 Å². The summed E-state index contributed by atoms with van der Waals surface area (Å²) in [5.74, 6) is -0.0869. The Bertz CT molecular complexity index is 523. The standard InChI is InChI=1S/C14H10Cl2O2/c15-11-6-8-12(9-7-11)18-14(17)13(16)10-4-2-1-3-5-10/h1-9,13H. The van der Waals surface area contributed by atoms with E-state index in [0.717, 1.165) is 0 Å². The van der Waals surface area contributed by atoms with Gasteiger partial charge in [0.1, 0.15) is 5.75 Å². The van der Waals surface area contributed by atoms with Crippen LogP contribution < -0.4 is 4.74 Å². The number of hydrogen-bond donors (Lipinski definition) is 0. The van der Waals surface area contributed by atoms with Crippen molar-refractivity contribution in [2.24, 2.45) is 0 Å². The first-order valence-corrected chi connectivity index (χ1v) is 6.14. The molecule has 0 N–H and O–H groups in total. The maximum Gasteiger partial charge on any atom is 0.334 e. The third-order valence-corrected chi connectivity index (χ3v) is 3.01. The van der Waals surface area contributed by atoms with Gasteiger partial charge < -0.3 is 4.74 Å². The van der Waals surface area contributed by atoms with Gasteiger partial charge in [0, 0.05) is 5.02 Å². The number of rotatable bonds is 3. The molecule has 0 bridgehead atoms. The van der Waals surface area contributed by atoms with Crippen LogP contribution in [0.4, 0.5) is 0 Å². The number of benzene rings is 2. The minimum atomic E-state index is -0.818. The molecular formula is C14H10Cl2O2. The third kappa shape index (κ3) is 3.25. The van der Waals surface area contributed by atoms with Crippen LogP contribution in [0.15, 0.2) is 54.6 Å². The van der Waals surface area contributed by atoms with Crippen molar-refractivity contribution in [1.29, 1.82) is 0 Å². The van der Waals surface area contributed by atoms with Crippen LogP contribution in [0.5, 0.6) is 5.75 Å². The Morgan fingerprint density at radius 1 is 1.00 bits per heavy atom. The van der Waals surface area contributed by atoms with Crippen molar-refractivity contribution in [3.8, 4) is 5.75 Å². The zero-order valence-corrected chi connectivity index (χ0v) is 10.9. The van der Waals surface area contributed by atoms with Gasteiger partial charge in [0.2, 0.25) is 0 Å². The molecule has 4 heteroatoms. The molecule has 2 rings (SSSR count). The Kier molecular flexibility index (Phi) is 4.24. The molecule has 0 aliphatic rings. The number of ether oxygens (including phenoxy) is 1. The second-order valence-corrected chi connectivity index (χ2v) is 4.52. The number of hydrogen-bond acceptors (Lipinski definition) is 2. The van der Waals surface area contributed by atoms with E-state index >= 15 is 0 Å². The molecule has 92 valence electrons. The largest absolute Gasteiger partial charge is 0.425 e. The lowest BCUT2D eigenvalue weighted by Gasteiger charge is -2.09. The first-order valence-electron chi connectivity index (χ1n) is 5.33. The SMILES string of the molecule is O=C(Oc1ccc(Cl)cc1)C(Cl)c1ccccc1. The van der Waals surface area contributed by atoms with Crippen molar-refractivity contribution in [3.63, 3.8) is 0 Å². The molecule has 0 fully saturated rings. The number of halogens is 2. The van der Waals surface area contributed by atoms with Crippen molar-refractivity contribution < 1.29 is 9.53 Å². The van der Waals surface area contributed by atoms with Crippen LogP contribution in [0.2, 0.25) is 5.02 Å². The minimum Gasteiger partial charge on any atom is -0.425 e. The highest BCUT2D eigenvalue weighted by molar-refractivity contribution is 6.30. The van der Waals surface area contributed by atoms with Crippen molar-refractivity contribution in [1.82, 2.24) is 0 Å². The monoisotopic (exact) mass is 280 g/mol. The van der Waals surface area contributed by atoms with Gasteiger partial charge in [0.05, 0.1) is 0 Å². The Hall–Kier alpha value is -1.51. The summed E-state index contributed by atoms with van der Waals surface area (Å²) in [4.78, 5) is 11.8. The van der Waals surface area contributed by atoms with Gasteiger partial charge in [-0.1, -0.05) is 41.9 Å². The summed E-state index contributed by atoms with van der Waals surface area (Å²) in [6.07, 6.45) is 0. The summed E-state index contributed by atoms with van der Waals surface area (Å²) in [5.41, 5.74) is 0.707. The first kappa shape index (κ1) is 12.9. The van der Waals surface area contributed by atoms with Gasteiger partial charge in [0.25, 0.3) is 0 Å². The lowest BCUT2D eigenvalue weighted by Crippen LogP contribution is -2.14. The maximum atomic E-state index is 11.8. The minimum absolute atomic E-state index is 0.422. The molecule has 0 amide bonds. The number of alkyl halides is 1. The van der Waals surface area contributed by atoms with Crippen LogP contribution in [-0.2, 0) is 4.79 Å². The van der Waals surface area contributed by atoms with Gasteiger partial charge in [-0.25, -0.2) is 4.79 Å². The van der Waals surface area contributed by atoms with E-state index in [1.165, 1.54) is 0 Å². The average Bonchev–Trinajstić information content (AvgIpc) is 2.41. The summed E-state index contributed by atoms with van der Waals surface area (Å²) < 4.78 is 5.16. The van der Waals surface area contributed by atoms with Crippen molar-refractivity contribution in [2.45, 2.75) is 5.38 Å². The van der Waals surface area contributed by atoms with Gasteiger partial charge in [-0.3, -0.25) is 0 Å². The highest BCUT2D eigenvalue weighted by Gasteiger charge is 2.19. The van der Waals surface area contributed by atoms with E-state index < -0.39 is 11.3 Å². The topological polar surface area (TPSA) is 26.3 Å². The summed E-state index contributed by atoms with van der Waals surface area (Å²) in [6.45, 7) is 0. The fourth-order valence-corrected chi connectivity index (χ4v) is 1.74. The van der Waals surface area contributed by atoms with E-state index in [-0.39, 0.29) is 0 Å². The molecule has 2 aromatic rings. The second-order valence-electron chi connectivity index (χ2n) is 3.65. The molecule has 0 saturated heterocycles. The first-order chi connectivity index (χ1) is 8.66. The van der Waals surface area contributed by atoms with E-state index in [1.807, 2.05) is 18.2 Å². The Labute approximate surface area is 115 Å². The summed E-state index contributed by atoms with van der Waals surface area (Å²) >= 11 is 11.8. The highest BCUT2D eigenvalue weighted by atomic mass is 35.5. The Morgan fingerprint density at radius 2 is 1.61 bits per heavy atom. The van der Waals surface area contributed by atoms with Crippen LogP contribution in [0.25, 0.3) is 0 Å². The molecule has 0 aromatic heterocycles.